The Kier molecular flexibility index (Phi) is 6.08. The molecule has 2 aromatic rings. The fourth-order valence-corrected chi connectivity index (χ4v) is 6.56. The molecule has 152 valence electrons. The maximum atomic E-state index is 12.6. The minimum atomic E-state index is -3.78. The molecule has 8 nitrogen and oxygen atoms in total. The van der Waals surface area contributed by atoms with E-state index in [2.05, 4.69) is 10.0 Å². The number of carbonyl (C=O) groups is 1. The van der Waals surface area contributed by atoms with Gasteiger partial charge in [0.05, 0.1) is 17.5 Å². The van der Waals surface area contributed by atoms with Crippen molar-refractivity contribution in [3.8, 4) is 0 Å². The minimum absolute atomic E-state index is 0.106. The maximum Gasteiger partial charge on any atom is 0.250 e. The first kappa shape index (κ1) is 20.8. The van der Waals surface area contributed by atoms with Crippen LogP contribution in [0.1, 0.15) is 12.5 Å². The van der Waals surface area contributed by atoms with Crippen molar-refractivity contribution >= 4 is 43.0 Å². The third-order valence-corrected chi connectivity index (χ3v) is 9.03. The summed E-state index contributed by atoms with van der Waals surface area (Å²) in [5, 5.41) is 4.11. The molecular formula is C17H21N3O5S3. The van der Waals surface area contributed by atoms with E-state index in [1.54, 1.807) is 23.6 Å². The number of hydrogen-bond acceptors (Lipinski definition) is 6. The number of carbonyl (C=O) groups excluding carboxylic acids is 1. The highest BCUT2D eigenvalue weighted by molar-refractivity contribution is 7.92. The summed E-state index contributed by atoms with van der Waals surface area (Å²) < 4.78 is 53.2. The first-order valence-electron chi connectivity index (χ1n) is 8.62. The highest BCUT2D eigenvalue weighted by Gasteiger charge is 2.29. The molecule has 0 bridgehead atoms. The van der Waals surface area contributed by atoms with E-state index in [1.165, 1.54) is 17.3 Å². The van der Waals surface area contributed by atoms with Crippen molar-refractivity contribution in [2.45, 2.75) is 23.6 Å². The number of hydrogen-bond donors (Lipinski definition) is 2. The first-order chi connectivity index (χ1) is 13.2. The van der Waals surface area contributed by atoms with Crippen molar-refractivity contribution in [2.75, 3.05) is 23.1 Å². The number of nitrogens with zero attached hydrogens (tertiary/aromatic N) is 1. The van der Waals surface area contributed by atoms with E-state index in [0.29, 0.717) is 18.7 Å². The first-order valence-corrected chi connectivity index (χ1v) is 12.6. The number of amides is 1. The van der Waals surface area contributed by atoms with Gasteiger partial charge in [0.25, 0.3) is 10.0 Å². The van der Waals surface area contributed by atoms with E-state index in [-0.39, 0.29) is 16.5 Å². The third kappa shape index (κ3) is 4.54. The number of sulfonamides is 2. The molecule has 1 aliphatic rings. The molecule has 1 amide bonds. The molecule has 2 heterocycles. The van der Waals surface area contributed by atoms with Gasteiger partial charge in [-0.1, -0.05) is 24.3 Å². The van der Waals surface area contributed by atoms with E-state index in [4.69, 9.17) is 0 Å². The van der Waals surface area contributed by atoms with Crippen LogP contribution < -0.4 is 14.3 Å². The Morgan fingerprint density at radius 2 is 1.93 bits per heavy atom. The SMILES string of the molecule is CC(NS(=O)(=O)c1cccs1)C(=O)NCCS(=O)(=O)N1CCc2ccccc21. The molecule has 1 aliphatic heterocycles. The lowest BCUT2D eigenvalue weighted by atomic mass is 10.2. The van der Waals surface area contributed by atoms with Gasteiger partial charge in [-0.05, 0) is 36.4 Å². The summed E-state index contributed by atoms with van der Waals surface area (Å²) in [5.74, 6) is -0.852. The molecule has 11 heteroatoms. The Balaban J connectivity index is 1.54. The highest BCUT2D eigenvalue weighted by atomic mass is 32.2. The van der Waals surface area contributed by atoms with Gasteiger partial charge in [0.15, 0.2) is 0 Å². The van der Waals surface area contributed by atoms with E-state index in [9.17, 15) is 21.6 Å². The second-order valence-electron chi connectivity index (χ2n) is 6.33. The number of thiophene rings is 1. The smallest absolute Gasteiger partial charge is 0.250 e. The number of nitrogens with one attached hydrogen (secondary N) is 2. The number of para-hydroxylation sites is 1. The average molecular weight is 444 g/mol. The van der Waals surface area contributed by atoms with Crippen LogP contribution in [0.25, 0.3) is 0 Å². The van der Waals surface area contributed by atoms with Gasteiger partial charge >= 0.3 is 0 Å². The quantitative estimate of drug-likeness (QED) is 0.630. The fourth-order valence-electron chi connectivity index (χ4n) is 2.92. The predicted molar refractivity (Wildman–Crippen MR) is 108 cm³/mol. The standard InChI is InChI=1S/C17H21N3O5S3/c1-13(19-28(24,25)16-7-4-11-26-16)17(21)18-9-12-27(22,23)20-10-8-14-5-2-3-6-15(14)20/h2-7,11,13,19H,8-10,12H2,1H3,(H,18,21). The lowest BCUT2D eigenvalue weighted by Gasteiger charge is -2.20. The Hall–Kier alpha value is -1.95. The molecule has 0 fully saturated rings. The van der Waals surface area contributed by atoms with Gasteiger partial charge in [0.1, 0.15) is 4.21 Å². The van der Waals surface area contributed by atoms with Gasteiger partial charge in [0, 0.05) is 13.1 Å². The van der Waals surface area contributed by atoms with Crippen LogP contribution in [0, 0.1) is 0 Å². The minimum Gasteiger partial charge on any atom is -0.354 e. The third-order valence-electron chi connectivity index (χ3n) is 4.32. The van der Waals surface area contributed by atoms with Gasteiger partial charge in [0.2, 0.25) is 15.9 Å². The zero-order chi connectivity index (χ0) is 20.4. The van der Waals surface area contributed by atoms with Crippen LogP contribution in [0.4, 0.5) is 5.69 Å². The zero-order valence-corrected chi connectivity index (χ0v) is 17.6. The summed E-state index contributed by atoms with van der Waals surface area (Å²) in [6.07, 6.45) is 0.656. The maximum absolute atomic E-state index is 12.6. The molecular weight excluding hydrogens is 422 g/mol. The largest absolute Gasteiger partial charge is 0.354 e. The molecule has 2 N–H and O–H groups in total. The van der Waals surface area contributed by atoms with Crippen LogP contribution in [0.3, 0.4) is 0 Å². The molecule has 28 heavy (non-hydrogen) atoms. The Morgan fingerprint density at radius 3 is 2.64 bits per heavy atom. The van der Waals surface area contributed by atoms with E-state index in [0.717, 1.165) is 16.9 Å². The van der Waals surface area contributed by atoms with Crippen molar-refractivity contribution < 1.29 is 21.6 Å². The molecule has 1 unspecified atom stereocenters. The molecule has 1 aromatic heterocycles. The molecule has 3 rings (SSSR count). The van der Waals surface area contributed by atoms with Crippen LogP contribution >= 0.6 is 11.3 Å². The summed E-state index contributed by atoms with van der Waals surface area (Å²) >= 11 is 1.05. The highest BCUT2D eigenvalue weighted by Crippen LogP contribution is 2.29. The van der Waals surface area contributed by atoms with Crippen LogP contribution in [-0.2, 0) is 31.3 Å². The molecule has 1 aromatic carbocycles. The lowest BCUT2D eigenvalue weighted by molar-refractivity contribution is -0.122. The molecule has 0 saturated heterocycles. The lowest BCUT2D eigenvalue weighted by Crippen LogP contribution is -2.46. The molecule has 1 atom stereocenters. The number of benzene rings is 1. The summed E-state index contributed by atoms with van der Waals surface area (Å²) in [7, 11) is -7.36. The summed E-state index contributed by atoms with van der Waals surface area (Å²) in [4.78, 5) is 12.2. The van der Waals surface area contributed by atoms with Crippen LogP contribution in [0.15, 0.2) is 46.0 Å². The van der Waals surface area contributed by atoms with E-state index < -0.39 is 32.0 Å². The summed E-state index contributed by atoms with van der Waals surface area (Å²) in [6.45, 7) is 1.68. The Bertz CT molecular complexity index is 1050. The van der Waals surface area contributed by atoms with Gasteiger partial charge in [-0.2, -0.15) is 4.72 Å². The predicted octanol–water partition coefficient (Wildman–Crippen LogP) is 0.924. The van der Waals surface area contributed by atoms with E-state index in [1.807, 2.05) is 12.1 Å². The number of fused-ring (bicyclic) bond motifs is 1. The van der Waals surface area contributed by atoms with Gasteiger partial charge in [-0.15, -0.1) is 11.3 Å². The van der Waals surface area contributed by atoms with Crippen LogP contribution in [-0.4, -0.2) is 47.6 Å². The molecule has 0 radical (unpaired) electrons. The van der Waals surface area contributed by atoms with Crippen molar-refractivity contribution in [1.29, 1.82) is 0 Å². The topological polar surface area (TPSA) is 113 Å². The molecule has 0 saturated carbocycles. The van der Waals surface area contributed by atoms with Crippen molar-refractivity contribution in [2.24, 2.45) is 0 Å². The van der Waals surface area contributed by atoms with Crippen LogP contribution in [0.5, 0.6) is 0 Å². The second kappa shape index (κ2) is 8.19. The van der Waals surface area contributed by atoms with Crippen molar-refractivity contribution in [3.05, 3.63) is 47.3 Å². The second-order valence-corrected chi connectivity index (χ2v) is 11.2. The number of rotatable bonds is 8. The average Bonchev–Trinajstić information content (AvgIpc) is 3.31. The summed E-state index contributed by atoms with van der Waals surface area (Å²) in [6, 6.07) is 9.34. The molecule has 0 spiro atoms. The monoisotopic (exact) mass is 443 g/mol. The molecule has 0 aliphatic carbocycles. The van der Waals surface area contributed by atoms with Gasteiger partial charge in [-0.3, -0.25) is 9.10 Å². The fraction of sp³-hybridized carbons (Fsp3) is 0.353. The Labute approximate surface area is 168 Å². The number of anilines is 1. The van der Waals surface area contributed by atoms with Gasteiger partial charge < -0.3 is 5.32 Å². The normalized spacial score (nSPS) is 15.2. The van der Waals surface area contributed by atoms with E-state index >= 15 is 0 Å². The van der Waals surface area contributed by atoms with Crippen molar-refractivity contribution in [3.63, 3.8) is 0 Å². The zero-order valence-electron chi connectivity index (χ0n) is 15.2. The van der Waals surface area contributed by atoms with Gasteiger partial charge in [-0.25, -0.2) is 16.8 Å². The van der Waals surface area contributed by atoms with Crippen LogP contribution in [0.2, 0.25) is 0 Å². The summed E-state index contributed by atoms with van der Waals surface area (Å²) in [5.41, 5.74) is 1.65. The Morgan fingerprint density at radius 1 is 1.18 bits per heavy atom. The van der Waals surface area contributed by atoms with Crippen molar-refractivity contribution in [1.82, 2.24) is 10.0 Å².